The van der Waals surface area contributed by atoms with Crippen molar-refractivity contribution >= 4 is 11.4 Å². The van der Waals surface area contributed by atoms with Crippen LogP contribution in [0.25, 0.3) is 5.57 Å². The van der Waals surface area contributed by atoms with Crippen LogP contribution in [0.1, 0.15) is 55.6 Å². The summed E-state index contributed by atoms with van der Waals surface area (Å²) in [7, 11) is 1.68. The van der Waals surface area contributed by atoms with E-state index in [4.69, 9.17) is 15.5 Å². The zero-order chi connectivity index (χ0) is 18.4. The molecule has 1 aromatic heterocycles. The monoisotopic (exact) mass is 362 g/mol. The zero-order valence-electron chi connectivity index (χ0n) is 15.8. The zero-order valence-corrected chi connectivity index (χ0v) is 15.8. The molecule has 0 spiro atoms. The topological polar surface area (TPSA) is 64.3 Å². The Balaban J connectivity index is 1.43. The molecular weight excluding hydrogens is 331 g/mol. The van der Waals surface area contributed by atoms with Gasteiger partial charge in [0.15, 0.2) is 0 Å². The van der Waals surface area contributed by atoms with Crippen molar-refractivity contribution < 1.29 is 9.13 Å². The molecular formula is C20H31FN4O. The molecule has 2 N–H and O–H groups in total. The summed E-state index contributed by atoms with van der Waals surface area (Å²) < 4.78 is 18.3. The smallest absolute Gasteiger partial charge is 0.133 e. The van der Waals surface area contributed by atoms with Gasteiger partial charge in [0.05, 0.1) is 12.3 Å². The van der Waals surface area contributed by atoms with Gasteiger partial charge >= 0.3 is 0 Å². The number of nitrogens with zero attached hydrogens (tertiary/aromatic N) is 3. The molecule has 5 nitrogen and oxygen atoms in total. The van der Waals surface area contributed by atoms with Crippen molar-refractivity contribution in [3.05, 3.63) is 23.2 Å². The first kappa shape index (κ1) is 19.2. The Bertz CT molecular complexity index is 626. The number of hydrogen-bond donors (Lipinski definition) is 1. The van der Waals surface area contributed by atoms with Crippen LogP contribution in [0.15, 0.2) is 6.08 Å². The number of anilines is 1. The lowest BCUT2D eigenvalue weighted by Gasteiger charge is -2.28. The number of nitrogen functional groups attached to an aromatic ring is 1. The Morgan fingerprint density at radius 3 is 2.77 bits per heavy atom. The number of hydrogen-bond acceptors (Lipinski definition) is 5. The number of likely N-dealkylation sites (tertiary alicyclic amines) is 1. The maximum Gasteiger partial charge on any atom is 0.133 e. The standard InChI is InChI=1S/C20H31FN4O/c1-26-14-10-18-23-19-15(6-7-17(19)20(22)24-18)5-3-2-4-11-25-12-8-16(21)9-13-25/h6,16H,2-5,7-14H2,1H3,(H2,22,23,24). The summed E-state index contributed by atoms with van der Waals surface area (Å²) in [4.78, 5) is 11.5. The average Bonchev–Trinajstić information content (AvgIpc) is 3.05. The van der Waals surface area contributed by atoms with Crippen molar-refractivity contribution in [1.82, 2.24) is 14.9 Å². The number of piperidine rings is 1. The summed E-state index contributed by atoms with van der Waals surface area (Å²) in [6.45, 7) is 3.54. The summed E-state index contributed by atoms with van der Waals surface area (Å²) in [5, 5.41) is 0. The van der Waals surface area contributed by atoms with Gasteiger partial charge in [-0.3, -0.25) is 0 Å². The van der Waals surface area contributed by atoms with Crippen LogP contribution in [0.5, 0.6) is 0 Å². The Labute approximate surface area is 155 Å². The quantitative estimate of drug-likeness (QED) is 0.684. The minimum absolute atomic E-state index is 0.580. The lowest BCUT2D eigenvalue weighted by Crippen LogP contribution is -2.35. The van der Waals surface area contributed by atoms with E-state index >= 15 is 0 Å². The van der Waals surface area contributed by atoms with Gasteiger partial charge in [-0.15, -0.1) is 0 Å². The van der Waals surface area contributed by atoms with Gasteiger partial charge in [-0.25, -0.2) is 14.4 Å². The van der Waals surface area contributed by atoms with E-state index in [0.717, 1.165) is 56.0 Å². The van der Waals surface area contributed by atoms with E-state index in [0.29, 0.717) is 31.7 Å². The van der Waals surface area contributed by atoms with Crippen molar-refractivity contribution in [2.75, 3.05) is 39.1 Å². The van der Waals surface area contributed by atoms with Crippen molar-refractivity contribution in [2.45, 2.75) is 57.5 Å². The Morgan fingerprint density at radius 2 is 2.00 bits per heavy atom. The van der Waals surface area contributed by atoms with Crippen molar-refractivity contribution in [3.8, 4) is 0 Å². The number of unbranched alkanes of at least 4 members (excludes halogenated alkanes) is 2. The van der Waals surface area contributed by atoms with Crippen LogP contribution in [0.3, 0.4) is 0 Å². The second kappa shape index (κ2) is 9.42. The number of fused-ring (bicyclic) bond motifs is 1. The van der Waals surface area contributed by atoms with Crippen LogP contribution in [-0.2, 0) is 17.6 Å². The first-order valence-electron chi connectivity index (χ1n) is 9.87. The van der Waals surface area contributed by atoms with Crippen LogP contribution in [0.2, 0.25) is 0 Å². The van der Waals surface area contributed by atoms with Crippen LogP contribution in [0.4, 0.5) is 10.2 Å². The highest BCUT2D eigenvalue weighted by molar-refractivity contribution is 5.73. The Kier molecular flexibility index (Phi) is 6.97. The van der Waals surface area contributed by atoms with E-state index in [2.05, 4.69) is 16.0 Å². The predicted molar refractivity (Wildman–Crippen MR) is 103 cm³/mol. The summed E-state index contributed by atoms with van der Waals surface area (Å²) in [5.41, 5.74) is 9.56. The van der Waals surface area contributed by atoms with Gasteiger partial charge < -0.3 is 15.4 Å². The van der Waals surface area contributed by atoms with Gasteiger partial charge in [-0.1, -0.05) is 12.5 Å². The molecule has 0 aromatic carbocycles. The minimum Gasteiger partial charge on any atom is -0.384 e. The van der Waals surface area contributed by atoms with Gasteiger partial charge in [0.2, 0.25) is 0 Å². The molecule has 3 rings (SSSR count). The molecule has 2 heterocycles. The molecule has 6 heteroatoms. The van der Waals surface area contributed by atoms with Crippen molar-refractivity contribution in [2.24, 2.45) is 0 Å². The summed E-state index contributed by atoms with van der Waals surface area (Å²) in [5.74, 6) is 1.38. The maximum absolute atomic E-state index is 13.2. The molecule has 1 aliphatic heterocycles. The summed E-state index contributed by atoms with van der Waals surface area (Å²) in [6.07, 6.45) is 9.19. The molecule has 144 valence electrons. The third-order valence-corrected chi connectivity index (χ3v) is 5.41. The van der Waals surface area contributed by atoms with E-state index < -0.39 is 6.17 Å². The first-order valence-corrected chi connectivity index (χ1v) is 9.87. The number of methoxy groups -OCH3 is 1. The number of aromatic nitrogens is 2. The highest BCUT2D eigenvalue weighted by Gasteiger charge is 2.20. The van der Waals surface area contributed by atoms with E-state index in [1.165, 1.54) is 18.4 Å². The SMILES string of the molecule is COCCc1nc(N)c2c(n1)C(CCCCCN1CCC(F)CC1)=CC2. The van der Waals surface area contributed by atoms with Gasteiger partial charge in [-0.2, -0.15) is 0 Å². The second-order valence-corrected chi connectivity index (χ2v) is 7.36. The van der Waals surface area contributed by atoms with Gasteiger partial charge in [-0.05, 0) is 50.6 Å². The highest BCUT2D eigenvalue weighted by atomic mass is 19.1. The van der Waals surface area contributed by atoms with Crippen LogP contribution >= 0.6 is 0 Å². The lowest BCUT2D eigenvalue weighted by molar-refractivity contribution is 0.149. The van der Waals surface area contributed by atoms with Gasteiger partial charge in [0.1, 0.15) is 17.8 Å². The largest absolute Gasteiger partial charge is 0.384 e. The summed E-state index contributed by atoms with van der Waals surface area (Å²) in [6, 6.07) is 0. The third-order valence-electron chi connectivity index (χ3n) is 5.41. The van der Waals surface area contributed by atoms with Gasteiger partial charge in [0.25, 0.3) is 0 Å². The van der Waals surface area contributed by atoms with E-state index in [-0.39, 0.29) is 0 Å². The lowest BCUT2D eigenvalue weighted by atomic mass is 10.0. The fourth-order valence-electron chi connectivity index (χ4n) is 3.82. The molecule has 0 saturated carbocycles. The molecule has 26 heavy (non-hydrogen) atoms. The molecule has 2 aliphatic rings. The number of ether oxygens (including phenoxy) is 1. The molecule has 1 saturated heterocycles. The first-order chi connectivity index (χ1) is 12.7. The maximum atomic E-state index is 13.2. The molecule has 0 bridgehead atoms. The molecule has 0 amide bonds. The molecule has 0 radical (unpaired) electrons. The number of nitrogens with two attached hydrogens (primary N) is 1. The predicted octanol–water partition coefficient (Wildman–Crippen LogP) is 3.18. The number of rotatable bonds is 9. The fraction of sp³-hybridized carbons (Fsp3) is 0.700. The second-order valence-electron chi connectivity index (χ2n) is 7.36. The van der Waals surface area contributed by atoms with E-state index in [1.807, 2.05) is 0 Å². The fourth-order valence-corrected chi connectivity index (χ4v) is 3.82. The van der Waals surface area contributed by atoms with E-state index in [9.17, 15) is 4.39 Å². The van der Waals surface area contributed by atoms with Crippen LogP contribution < -0.4 is 5.73 Å². The normalized spacial score (nSPS) is 18.2. The molecule has 0 unspecified atom stereocenters. The van der Waals surface area contributed by atoms with Gasteiger partial charge in [0, 0.05) is 32.2 Å². The Hall–Kier alpha value is -1.53. The van der Waals surface area contributed by atoms with E-state index in [1.54, 1.807) is 7.11 Å². The average molecular weight is 362 g/mol. The molecule has 1 aliphatic carbocycles. The number of allylic oxidation sites excluding steroid dienone is 2. The van der Waals surface area contributed by atoms with Crippen molar-refractivity contribution in [3.63, 3.8) is 0 Å². The minimum atomic E-state index is -0.580. The number of alkyl halides is 1. The van der Waals surface area contributed by atoms with Crippen LogP contribution in [-0.4, -0.2) is 54.4 Å². The summed E-state index contributed by atoms with van der Waals surface area (Å²) >= 11 is 0. The molecule has 1 aromatic rings. The highest BCUT2D eigenvalue weighted by Crippen LogP contribution is 2.32. The number of halogens is 1. The van der Waals surface area contributed by atoms with Crippen molar-refractivity contribution in [1.29, 1.82) is 0 Å². The van der Waals surface area contributed by atoms with Crippen LogP contribution in [0, 0.1) is 0 Å². The molecule has 0 atom stereocenters. The third kappa shape index (κ3) is 5.01. The Morgan fingerprint density at radius 1 is 1.19 bits per heavy atom. The molecule has 1 fully saturated rings.